The minimum absolute atomic E-state index is 0.261. The van der Waals surface area contributed by atoms with Crippen molar-refractivity contribution in [2.24, 2.45) is 4.99 Å². The molecule has 0 atom stereocenters. The van der Waals surface area contributed by atoms with Crippen LogP contribution in [0.1, 0.15) is 17.5 Å². The monoisotopic (exact) mass is 218 g/mol. The van der Waals surface area contributed by atoms with Gasteiger partial charge in [0, 0.05) is 25.8 Å². The van der Waals surface area contributed by atoms with Crippen LogP contribution in [0.2, 0.25) is 0 Å². The van der Waals surface area contributed by atoms with Crippen molar-refractivity contribution >= 4 is 5.84 Å². The van der Waals surface area contributed by atoms with E-state index in [-0.39, 0.29) is 6.61 Å². The molecule has 16 heavy (non-hydrogen) atoms. The molecule has 1 aliphatic heterocycles. The van der Waals surface area contributed by atoms with Crippen molar-refractivity contribution in [3.63, 3.8) is 0 Å². The van der Waals surface area contributed by atoms with Crippen LogP contribution in [0.25, 0.3) is 0 Å². The molecule has 1 N–H and O–H groups in total. The van der Waals surface area contributed by atoms with Gasteiger partial charge in [-0.25, -0.2) is 0 Å². The molecule has 1 aromatic rings. The Bertz CT molecular complexity index is 370. The van der Waals surface area contributed by atoms with Crippen LogP contribution in [-0.2, 0) is 6.42 Å². The van der Waals surface area contributed by atoms with Crippen LogP contribution in [0.4, 0.5) is 0 Å². The van der Waals surface area contributed by atoms with E-state index in [1.54, 1.807) is 0 Å². The first-order valence-corrected chi connectivity index (χ1v) is 5.77. The van der Waals surface area contributed by atoms with E-state index in [4.69, 9.17) is 5.11 Å². The fourth-order valence-electron chi connectivity index (χ4n) is 1.95. The van der Waals surface area contributed by atoms with E-state index in [0.29, 0.717) is 0 Å². The van der Waals surface area contributed by atoms with Crippen molar-refractivity contribution in [3.05, 3.63) is 35.4 Å². The van der Waals surface area contributed by atoms with Gasteiger partial charge in [0.05, 0.1) is 6.54 Å². The fraction of sp³-hybridized carbons (Fsp3) is 0.462. The summed E-state index contributed by atoms with van der Waals surface area (Å²) in [6.07, 6.45) is 1.78. The molecule has 0 amide bonds. The average Bonchev–Trinajstić information content (AvgIpc) is 2.74. The average molecular weight is 218 g/mol. The van der Waals surface area contributed by atoms with E-state index >= 15 is 0 Å². The molecule has 3 heteroatoms. The zero-order chi connectivity index (χ0) is 11.4. The van der Waals surface area contributed by atoms with Gasteiger partial charge in [0.25, 0.3) is 0 Å². The van der Waals surface area contributed by atoms with Crippen molar-refractivity contribution in [2.45, 2.75) is 12.8 Å². The number of hydrogen-bond donors (Lipinski definition) is 1. The first-order valence-electron chi connectivity index (χ1n) is 5.77. The summed E-state index contributed by atoms with van der Waals surface area (Å²) in [6, 6.07) is 8.49. The van der Waals surface area contributed by atoms with E-state index in [0.717, 1.165) is 31.8 Å². The van der Waals surface area contributed by atoms with Crippen molar-refractivity contribution in [3.8, 4) is 0 Å². The Hall–Kier alpha value is -1.35. The van der Waals surface area contributed by atoms with Gasteiger partial charge in [-0.15, -0.1) is 0 Å². The van der Waals surface area contributed by atoms with Crippen LogP contribution in [-0.4, -0.2) is 42.6 Å². The SMILES string of the molecule is CN1CCN=C1c1ccc(CCCO)cc1. The number of hydrogen-bond acceptors (Lipinski definition) is 3. The van der Waals surface area contributed by atoms with Crippen molar-refractivity contribution in [2.75, 3.05) is 26.7 Å². The smallest absolute Gasteiger partial charge is 0.130 e. The highest BCUT2D eigenvalue weighted by atomic mass is 16.2. The third-order valence-electron chi connectivity index (χ3n) is 2.89. The number of nitrogens with zero attached hydrogens (tertiary/aromatic N) is 2. The van der Waals surface area contributed by atoms with Crippen molar-refractivity contribution in [1.29, 1.82) is 0 Å². The van der Waals surface area contributed by atoms with Crippen LogP contribution in [0, 0.1) is 0 Å². The van der Waals surface area contributed by atoms with Gasteiger partial charge < -0.3 is 10.0 Å². The Balaban J connectivity index is 2.07. The molecule has 1 heterocycles. The Morgan fingerprint density at radius 3 is 2.62 bits per heavy atom. The fourth-order valence-corrected chi connectivity index (χ4v) is 1.95. The second-order valence-electron chi connectivity index (χ2n) is 4.15. The Morgan fingerprint density at radius 2 is 2.06 bits per heavy atom. The highest BCUT2D eigenvalue weighted by molar-refractivity contribution is 5.99. The lowest BCUT2D eigenvalue weighted by Gasteiger charge is -2.13. The summed E-state index contributed by atoms with van der Waals surface area (Å²) in [6.45, 7) is 2.18. The molecule has 0 saturated carbocycles. The van der Waals surface area contributed by atoms with Crippen LogP contribution in [0.3, 0.4) is 0 Å². The Morgan fingerprint density at radius 1 is 1.31 bits per heavy atom. The second kappa shape index (κ2) is 5.12. The lowest BCUT2D eigenvalue weighted by atomic mass is 10.1. The first-order chi connectivity index (χ1) is 7.81. The molecule has 0 aromatic heterocycles. The zero-order valence-corrected chi connectivity index (χ0v) is 9.69. The highest BCUT2D eigenvalue weighted by Gasteiger charge is 2.13. The standard InChI is InChI=1S/C13H18N2O/c1-15-9-8-14-13(15)12-6-4-11(5-7-12)3-2-10-16/h4-7,16H,2-3,8-10H2,1H3. The normalized spacial score (nSPS) is 15.4. The summed E-state index contributed by atoms with van der Waals surface area (Å²) in [4.78, 5) is 6.66. The van der Waals surface area contributed by atoms with Gasteiger partial charge in [-0.2, -0.15) is 0 Å². The minimum Gasteiger partial charge on any atom is -0.396 e. The van der Waals surface area contributed by atoms with E-state index in [1.165, 1.54) is 11.1 Å². The first kappa shape index (κ1) is 11.1. The van der Waals surface area contributed by atoms with Crippen molar-refractivity contribution < 1.29 is 5.11 Å². The maximum atomic E-state index is 8.76. The molecule has 0 radical (unpaired) electrons. The molecule has 3 nitrogen and oxygen atoms in total. The molecule has 0 aliphatic carbocycles. The van der Waals surface area contributed by atoms with Gasteiger partial charge in [-0.3, -0.25) is 4.99 Å². The quantitative estimate of drug-likeness (QED) is 0.827. The predicted molar refractivity (Wildman–Crippen MR) is 65.9 cm³/mol. The van der Waals surface area contributed by atoms with Gasteiger partial charge in [0.1, 0.15) is 5.84 Å². The number of amidine groups is 1. The highest BCUT2D eigenvalue weighted by Crippen LogP contribution is 2.12. The minimum atomic E-state index is 0.261. The van der Waals surface area contributed by atoms with Crippen molar-refractivity contribution in [1.82, 2.24) is 4.90 Å². The van der Waals surface area contributed by atoms with Gasteiger partial charge in [0.2, 0.25) is 0 Å². The summed E-state index contributed by atoms with van der Waals surface area (Å²) in [7, 11) is 2.07. The summed E-state index contributed by atoms with van der Waals surface area (Å²) >= 11 is 0. The maximum absolute atomic E-state index is 8.76. The molecule has 0 fully saturated rings. The van der Waals surface area contributed by atoms with Crippen LogP contribution in [0.15, 0.2) is 29.3 Å². The number of aryl methyl sites for hydroxylation is 1. The lowest BCUT2D eigenvalue weighted by molar-refractivity contribution is 0.288. The topological polar surface area (TPSA) is 35.8 Å². The van der Waals surface area contributed by atoms with E-state index in [2.05, 4.69) is 41.2 Å². The van der Waals surface area contributed by atoms with Gasteiger partial charge >= 0.3 is 0 Å². The second-order valence-corrected chi connectivity index (χ2v) is 4.15. The van der Waals surface area contributed by atoms with E-state index < -0.39 is 0 Å². The molecule has 0 unspecified atom stereocenters. The number of aliphatic hydroxyl groups is 1. The van der Waals surface area contributed by atoms with E-state index in [1.807, 2.05) is 0 Å². The largest absolute Gasteiger partial charge is 0.396 e. The Kier molecular flexibility index (Phi) is 3.57. The van der Waals surface area contributed by atoms with Gasteiger partial charge in [0.15, 0.2) is 0 Å². The van der Waals surface area contributed by atoms with Crippen LogP contribution < -0.4 is 0 Å². The van der Waals surface area contributed by atoms with Gasteiger partial charge in [-0.1, -0.05) is 24.3 Å². The molecule has 1 aromatic carbocycles. The lowest BCUT2D eigenvalue weighted by Crippen LogP contribution is -2.23. The summed E-state index contributed by atoms with van der Waals surface area (Å²) in [5.74, 6) is 1.09. The molecular weight excluding hydrogens is 200 g/mol. The predicted octanol–water partition coefficient (Wildman–Crippen LogP) is 1.30. The maximum Gasteiger partial charge on any atom is 0.130 e. The number of rotatable bonds is 4. The molecule has 86 valence electrons. The molecule has 0 spiro atoms. The molecule has 0 saturated heterocycles. The number of aliphatic hydroxyl groups excluding tert-OH is 1. The molecule has 2 rings (SSSR count). The van der Waals surface area contributed by atoms with E-state index in [9.17, 15) is 0 Å². The Labute approximate surface area is 96.4 Å². The summed E-state index contributed by atoms with van der Waals surface area (Å²) < 4.78 is 0. The third-order valence-corrected chi connectivity index (χ3v) is 2.89. The van der Waals surface area contributed by atoms with Crippen LogP contribution >= 0.6 is 0 Å². The summed E-state index contributed by atoms with van der Waals surface area (Å²) in [5.41, 5.74) is 2.46. The van der Waals surface area contributed by atoms with Crippen LogP contribution in [0.5, 0.6) is 0 Å². The third kappa shape index (κ3) is 2.42. The number of aliphatic imine (C=N–C) groups is 1. The molecule has 1 aliphatic rings. The summed E-state index contributed by atoms with van der Waals surface area (Å²) in [5, 5.41) is 8.76. The number of likely N-dealkylation sites (N-methyl/N-ethyl adjacent to an activating group) is 1. The number of benzene rings is 1. The zero-order valence-electron chi connectivity index (χ0n) is 9.69. The molecule has 0 bridgehead atoms. The van der Waals surface area contributed by atoms with Gasteiger partial charge in [-0.05, 0) is 18.4 Å². The molecular formula is C13H18N2O.